The monoisotopic (exact) mass is 291 g/mol. The SMILES string of the molecule is Nc1nnc(S(=O)(=O)NCCN2CCCCC2)s1. The van der Waals surface area contributed by atoms with Gasteiger partial charge in [0, 0.05) is 13.1 Å². The van der Waals surface area contributed by atoms with E-state index in [1.807, 2.05) is 0 Å². The summed E-state index contributed by atoms with van der Waals surface area (Å²) in [5.74, 6) is 0. The van der Waals surface area contributed by atoms with Crippen molar-refractivity contribution in [3.8, 4) is 0 Å². The van der Waals surface area contributed by atoms with Crippen LogP contribution in [-0.4, -0.2) is 49.7 Å². The second-order valence-corrected chi connectivity index (χ2v) is 7.16. The molecule has 2 rings (SSSR count). The van der Waals surface area contributed by atoms with Crippen LogP contribution >= 0.6 is 11.3 Å². The predicted octanol–water partition coefficient (Wildman–Crippen LogP) is -0.116. The first-order valence-corrected chi connectivity index (χ1v) is 8.19. The maximum Gasteiger partial charge on any atom is 0.269 e. The fourth-order valence-electron chi connectivity index (χ4n) is 1.91. The van der Waals surface area contributed by atoms with Crippen molar-refractivity contribution in [1.29, 1.82) is 0 Å². The summed E-state index contributed by atoms with van der Waals surface area (Å²) in [6.07, 6.45) is 3.66. The van der Waals surface area contributed by atoms with Gasteiger partial charge in [0.15, 0.2) is 0 Å². The second-order valence-electron chi connectivity index (χ2n) is 4.21. The maximum atomic E-state index is 11.8. The van der Waals surface area contributed by atoms with Crippen LogP contribution in [0.1, 0.15) is 19.3 Å². The Morgan fingerprint density at radius 1 is 1.28 bits per heavy atom. The normalized spacial score (nSPS) is 18.0. The lowest BCUT2D eigenvalue weighted by Gasteiger charge is -2.26. The minimum atomic E-state index is -3.55. The molecule has 0 radical (unpaired) electrons. The summed E-state index contributed by atoms with van der Waals surface area (Å²) in [4.78, 5) is 2.26. The lowest BCUT2D eigenvalue weighted by atomic mass is 10.1. The summed E-state index contributed by atoms with van der Waals surface area (Å²) >= 11 is 0.872. The van der Waals surface area contributed by atoms with Gasteiger partial charge >= 0.3 is 0 Å². The summed E-state index contributed by atoms with van der Waals surface area (Å²) in [5, 5.41) is 7.19. The number of nitrogens with two attached hydrogens (primary N) is 1. The average Bonchev–Trinajstić information content (AvgIpc) is 2.78. The number of nitrogens with zero attached hydrogens (tertiary/aromatic N) is 3. The van der Waals surface area contributed by atoms with Crippen molar-refractivity contribution in [1.82, 2.24) is 19.8 Å². The second kappa shape index (κ2) is 5.91. The minimum Gasteiger partial charge on any atom is -0.374 e. The van der Waals surface area contributed by atoms with Crippen molar-refractivity contribution in [2.75, 3.05) is 31.9 Å². The van der Waals surface area contributed by atoms with Crippen LogP contribution in [0.25, 0.3) is 0 Å². The van der Waals surface area contributed by atoms with Crippen LogP contribution < -0.4 is 10.5 Å². The van der Waals surface area contributed by atoms with Gasteiger partial charge in [0.05, 0.1) is 0 Å². The van der Waals surface area contributed by atoms with E-state index in [0.29, 0.717) is 6.54 Å². The van der Waals surface area contributed by atoms with Gasteiger partial charge in [-0.25, -0.2) is 13.1 Å². The highest BCUT2D eigenvalue weighted by Crippen LogP contribution is 2.16. The van der Waals surface area contributed by atoms with Crippen molar-refractivity contribution in [2.45, 2.75) is 23.6 Å². The Bertz CT molecular complexity index is 481. The molecule has 1 fully saturated rings. The van der Waals surface area contributed by atoms with Crippen molar-refractivity contribution in [3.05, 3.63) is 0 Å². The zero-order valence-corrected chi connectivity index (χ0v) is 11.6. The zero-order chi connectivity index (χ0) is 13.0. The summed E-state index contributed by atoms with van der Waals surface area (Å²) in [6.45, 7) is 3.22. The highest BCUT2D eigenvalue weighted by Gasteiger charge is 2.19. The number of hydrogen-bond donors (Lipinski definition) is 2. The molecule has 0 atom stereocenters. The Morgan fingerprint density at radius 3 is 2.61 bits per heavy atom. The molecule has 0 unspecified atom stereocenters. The summed E-state index contributed by atoms with van der Waals surface area (Å²) in [6, 6.07) is 0. The van der Waals surface area contributed by atoms with Crippen molar-refractivity contribution in [2.24, 2.45) is 0 Å². The molecule has 102 valence electrons. The molecule has 1 saturated heterocycles. The first kappa shape index (κ1) is 13.7. The number of nitrogens with one attached hydrogen (secondary N) is 1. The van der Waals surface area contributed by atoms with Gasteiger partial charge < -0.3 is 10.6 Å². The summed E-state index contributed by atoms with van der Waals surface area (Å²) in [7, 11) is -3.55. The molecule has 7 nitrogen and oxygen atoms in total. The summed E-state index contributed by atoms with van der Waals surface area (Å²) in [5.41, 5.74) is 5.37. The fraction of sp³-hybridized carbons (Fsp3) is 0.778. The van der Waals surface area contributed by atoms with E-state index in [0.717, 1.165) is 31.0 Å². The first-order valence-electron chi connectivity index (χ1n) is 5.89. The highest BCUT2D eigenvalue weighted by atomic mass is 32.2. The van der Waals surface area contributed by atoms with Crippen LogP contribution in [0.5, 0.6) is 0 Å². The molecular weight excluding hydrogens is 274 g/mol. The van der Waals surface area contributed by atoms with E-state index in [2.05, 4.69) is 19.8 Å². The van der Waals surface area contributed by atoms with Crippen molar-refractivity contribution in [3.63, 3.8) is 0 Å². The van der Waals surface area contributed by atoms with Gasteiger partial charge in [0.25, 0.3) is 10.0 Å². The number of likely N-dealkylation sites (tertiary alicyclic amines) is 1. The molecule has 2 heterocycles. The van der Waals surface area contributed by atoms with E-state index in [-0.39, 0.29) is 9.47 Å². The molecule has 0 saturated carbocycles. The van der Waals surface area contributed by atoms with Crippen LogP contribution in [0.2, 0.25) is 0 Å². The Hall–Kier alpha value is -0.770. The molecule has 1 aliphatic rings. The fourth-order valence-corrected chi connectivity index (χ4v) is 3.76. The van der Waals surface area contributed by atoms with E-state index >= 15 is 0 Å². The summed E-state index contributed by atoms with van der Waals surface area (Å²) < 4.78 is 26.1. The third kappa shape index (κ3) is 3.61. The zero-order valence-electron chi connectivity index (χ0n) is 10.0. The molecule has 0 spiro atoms. The molecule has 1 aliphatic heterocycles. The molecule has 0 aromatic carbocycles. The molecular formula is C9H17N5O2S2. The molecule has 9 heteroatoms. The minimum absolute atomic E-state index is 0.0707. The van der Waals surface area contributed by atoms with E-state index in [4.69, 9.17) is 5.73 Å². The Kier molecular flexibility index (Phi) is 4.49. The van der Waals surface area contributed by atoms with E-state index < -0.39 is 10.0 Å². The molecule has 1 aromatic heterocycles. The Morgan fingerprint density at radius 2 is 2.00 bits per heavy atom. The van der Waals surface area contributed by atoms with Crippen molar-refractivity contribution >= 4 is 26.5 Å². The molecule has 0 amide bonds. The van der Waals surface area contributed by atoms with E-state index in [9.17, 15) is 8.42 Å². The standard InChI is InChI=1S/C9H17N5O2S2/c10-8-12-13-9(17-8)18(15,16)11-4-7-14-5-2-1-3-6-14/h11H,1-7H2,(H2,10,12). The number of rotatable bonds is 5. The first-order chi connectivity index (χ1) is 8.58. The van der Waals surface area contributed by atoms with Crippen molar-refractivity contribution < 1.29 is 8.42 Å². The smallest absolute Gasteiger partial charge is 0.269 e. The number of anilines is 1. The maximum absolute atomic E-state index is 11.8. The third-order valence-corrected chi connectivity index (χ3v) is 5.40. The van der Waals surface area contributed by atoms with Crippen LogP contribution in [0.4, 0.5) is 5.13 Å². The van der Waals surface area contributed by atoms with Gasteiger partial charge in [-0.1, -0.05) is 17.8 Å². The van der Waals surface area contributed by atoms with Gasteiger partial charge in [-0.2, -0.15) is 0 Å². The van der Waals surface area contributed by atoms with Crippen LogP contribution in [-0.2, 0) is 10.0 Å². The molecule has 1 aromatic rings. The number of sulfonamides is 1. The average molecular weight is 291 g/mol. The Balaban J connectivity index is 1.82. The van der Waals surface area contributed by atoms with E-state index in [1.54, 1.807) is 0 Å². The number of hydrogen-bond acceptors (Lipinski definition) is 7. The van der Waals surface area contributed by atoms with Gasteiger partial charge in [-0.05, 0) is 25.9 Å². The lowest BCUT2D eigenvalue weighted by Crippen LogP contribution is -2.37. The van der Waals surface area contributed by atoms with Gasteiger partial charge in [0.1, 0.15) is 0 Å². The molecule has 0 aliphatic carbocycles. The van der Waals surface area contributed by atoms with Crippen LogP contribution in [0.15, 0.2) is 4.34 Å². The quantitative estimate of drug-likeness (QED) is 0.784. The topological polar surface area (TPSA) is 101 Å². The predicted molar refractivity (Wildman–Crippen MR) is 69.8 cm³/mol. The molecule has 0 bridgehead atoms. The van der Waals surface area contributed by atoms with E-state index in [1.165, 1.54) is 19.3 Å². The van der Waals surface area contributed by atoms with Gasteiger partial charge in [-0.3, -0.25) is 0 Å². The Labute approximate surface area is 110 Å². The largest absolute Gasteiger partial charge is 0.374 e. The van der Waals surface area contributed by atoms with Gasteiger partial charge in [-0.15, -0.1) is 10.2 Å². The number of piperidine rings is 1. The van der Waals surface area contributed by atoms with Crippen LogP contribution in [0, 0.1) is 0 Å². The molecule has 3 N–H and O–H groups in total. The number of nitrogen functional groups attached to an aromatic ring is 1. The lowest BCUT2D eigenvalue weighted by molar-refractivity contribution is 0.233. The van der Waals surface area contributed by atoms with Gasteiger partial charge in [0.2, 0.25) is 9.47 Å². The number of aromatic nitrogens is 2. The molecule has 18 heavy (non-hydrogen) atoms. The third-order valence-electron chi connectivity index (χ3n) is 2.82. The highest BCUT2D eigenvalue weighted by molar-refractivity contribution is 7.91. The van der Waals surface area contributed by atoms with Crippen LogP contribution in [0.3, 0.4) is 0 Å².